The summed E-state index contributed by atoms with van der Waals surface area (Å²) in [6, 6.07) is 10.0. The van der Waals surface area contributed by atoms with Gasteiger partial charge in [0.2, 0.25) is 0 Å². The number of hydrogen-bond acceptors (Lipinski definition) is 3. The molecule has 0 aliphatic rings. The minimum Gasteiger partial charge on any atom is -0.507 e. The van der Waals surface area contributed by atoms with Crippen LogP contribution in [0.3, 0.4) is 0 Å². The van der Waals surface area contributed by atoms with Crippen LogP contribution in [0, 0.1) is 0 Å². The average molecular weight is 486 g/mol. The molecule has 146 valence electrons. The first-order chi connectivity index (χ1) is 12.3. The maximum Gasteiger partial charge on any atom is 0.123 e. The average Bonchev–Trinajstić information content (AvgIpc) is 2.53. The number of thiocarbonyl (C=S) groups is 1. The summed E-state index contributed by atoms with van der Waals surface area (Å²) in [6.45, 7) is 12.7. The molecular formula is C22H26BrClOS2. The Bertz CT molecular complexity index is 829. The second kappa shape index (κ2) is 8.44. The highest BCUT2D eigenvalue weighted by Gasteiger charge is 2.27. The highest BCUT2D eigenvalue weighted by atomic mass is 79.9. The van der Waals surface area contributed by atoms with Gasteiger partial charge in [-0.25, -0.2) is 0 Å². The zero-order chi connectivity index (χ0) is 20.6. The van der Waals surface area contributed by atoms with Crippen molar-refractivity contribution in [3.8, 4) is 5.75 Å². The molecule has 2 aromatic rings. The molecule has 0 aromatic heterocycles. The van der Waals surface area contributed by atoms with Gasteiger partial charge in [-0.05, 0) is 62.2 Å². The largest absolute Gasteiger partial charge is 0.507 e. The third-order valence-electron chi connectivity index (χ3n) is 4.32. The molecule has 2 rings (SSSR count). The van der Waals surface area contributed by atoms with Gasteiger partial charge in [-0.1, -0.05) is 71.4 Å². The van der Waals surface area contributed by atoms with E-state index in [4.69, 9.17) is 23.8 Å². The van der Waals surface area contributed by atoms with Crippen molar-refractivity contribution in [3.05, 3.63) is 62.1 Å². The van der Waals surface area contributed by atoms with Crippen LogP contribution in [0.2, 0.25) is 5.02 Å². The molecule has 5 heteroatoms. The van der Waals surface area contributed by atoms with Crippen molar-refractivity contribution >= 4 is 55.7 Å². The summed E-state index contributed by atoms with van der Waals surface area (Å²) in [5, 5.41) is 11.6. The number of phenols is 1. The number of hydrogen-bond donors (Lipinski definition) is 1. The summed E-state index contributed by atoms with van der Waals surface area (Å²) in [6.07, 6.45) is 0. The summed E-state index contributed by atoms with van der Waals surface area (Å²) in [7, 11) is 0. The Balaban J connectivity index is 2.36. The molecule has 0 saturated carbocycles. The smallest absolute Gasteiger partial charge is 0.123 e. The van der Waals surface area contributed by atoms with E-state index in [1.165, 1.54) is 0 Å². The lowest BCUT2D eigenvalue weighted by molar-refractivity contribution is 0.423. The van der Waals surface area contributed by atoms with Crippen molar-refractivity contribution in [1.29, 1.82) is 0 Å². The summed E-state index contributed by atoms with van der Waals surface area (Å²) in [4.78, 5) is 0. The lowest BCUT2D eigenvalue weighted by Crippen LogP contribution is -2.18. The molecule has 0 unspecified atom stereocenters. The zero-order valence-electron chi connectivity index (χ0n) is 16.6. The maximum atomic E-state index is 10.9. The van der Waals surface area contributed by atoms with Gasteiger partial charge >= 0.3 is 0 Å². The zero-order valence-corrected chi connectivity index (χ0v) is 20.6. The van der Waals surface area contributed by atoms with E-state index in [-0.39, 0.29) is 10.8 Å². The first-order valence-corrected chi connectivity index (χ1v) is 11.4. The Morgan fingerprint density at radius 2 is 1.56 bits per heavy atom. The number of benzene rings is 2. The second-order valence-electron chi connectivity index (χ2n) is 8.74. The normalized spacial score (nSPS) is 12.3. The summed E-state index contributed by atoms with van der Waals surface area (Å²) in [5.74, 6) is 1.13. The molecule has 0 atom stereocenters. The highest BCUT2D eigenvalue weighted by molar-refractivity contribution is 9.10. The lowest BCUT2D eigenvalue weighted by Gasteiger charge is -2.28. The standard InChI is InChI=1S/C22H26BrClOS2/c1-21(2,3)15-10-14(11-16(19(15)25)22(4,5)6)20(26)27-12-13-7-8-17(23)18(24)9-13/h7-11,25H,12H2,1-6H3. The monoisotopic (exact) mass is 484 g/mol. The molecule has 0 bridgehead atoms. The van der Waals surface area contributed by atoms with Gasteiger partial charge in [0.15, 0.2) is 0 Å². The third kappa shape index (κ3) is 5.72. The quantitative estimate of drug-likeness (QED) is 0.444. The number of aromatic hydroxyl groups is 1. The molecule has 1 N–H and O–H groups in total. The van der Waals surface area contributed by atoms with Crippen LogP contribution in [0.15, 0.2) is 34.8 Å². The van der Waals surface area contributed by atoms with Crippen molar-refractivity contribution in [3.63, 3.8) is 0 Å². The van der Waals surface area contributed by atoms with Crippen LogP contribution in [0.25, 0.3) is 0 Å². The van der Waals surface area contributed by atoms with Crippen LogP contribution < -0.4 is 0 Å². The predicted molar refractivity (Wildman–Crippen MR) is 128 cm³/mol. The summed E-state index contributed by atoms with van der Waals surface area (Å²) in [5.41, 5.74) is 3.64. The number of halogens is 2. The van der Waals surface area contributed by atoms with E-state index >= 15 is 0 Å². The Morgan fingerprint density at radius 3 is 2.00 bits per heavy atom. The fraction of sp³-hybridized carbons (Fsp3) is 0.409. The van der Waals surface area contributed by atoms with E-state index in [0.717, 1.165) is 36.7 Å². The third-order valence-corrected chi connectivity index (χ3v) is 7.11. The Kier molecular flexibility index (Phi) is 7.11. The van der Waals surface area contributed by atoms with E-state index in [2.05, 4.69) is 57.5 Å². The van der Waals surface area contributed by atoms with E-state index in [9.17, 15) is 5.11 Å². The fourth-order valence-corrected chi connectivity index (χ4v) is 4.26. The molecule has 0 heterocycles. The van der Waals surface area contributed by atoms with Gasteiger partial charge in [-0.15, -0.1) is 11.8 Å². The van der Waals surface area contributed by atoms with Gasteiger partial charge in [0.1, 0.15) is 5.75 Å². The van der Waals surface area contributed by atoms with E-state index in [0.29, 0.717) is 10.8 Å². The molecule has 0 aliphatic carbocycles. The van der Waals surface area contributed by atoms with Crippen LogP contribution in [-0.2, 0) is 16.6 Å². The van der Waals surface area contributed by atoms with Crippen molar-refractivity contribution in [2.75, 3.05) is 0 Å². The molecule has 0 fully saturated rings. The van der Waals surface area contributed by atoms with Gasteiger partial charge in [0.25, 0.3) is 0 Å². The van der Waals surface area contributed by atoms with Crippen LogP contribution >= 0.6 is 51.5 Å². The summed E-state index contributed by atoms with van der Waals surface area (Å²) >= 11 is 16.9. The van der Waals surface area contributed by atoms with Crippen molar-refractivity contribution in [2.24, 2.45) is 0 Å². The van der Waals surface area contributed by atoms with E-state index in [1.54, 1.807) is 11.8 Å². The predicted octanol–water partition coefficient (Wildman–Crippen LogP) is 8.01. The molecule has 1 nitrogen and oxygen atoms in total. The van der Waals surface area contributed by atoms with Gasteiger partial charge in [-0.2, -0.15) is 0 Å². The maximum absolute atomic E-state index is 10.9. The molecular weight excluding hydrogens is 460 g/mol. The first-order valence-electron chi connectivity index (χ1n) is 8.79. The Morgan fingerprint density at radius 1 is 1.04 bits per heavy atom. The molecule has 0 spiro atoms. The van der Waals surface area contributed by atoms with Crippen LogP contribution in [0.1, 0.15) is 63.8 Å². The van der Waals surface area contributed by atoms with E-state index in [1.807, 2.05) is 30.3 Å². The minimum atomic E-state index is -0.167. The van der Waals surface area contributed by atoms with Gasteiger partial charge in [0, 0.05) is 21.4 Å². The topological polar surface area (TPSA) is 20.2 Å². The SMILES string of the molecule is CC(C)(C)c1cc(C(=S)SCc2ccc(Br)c(Cl)c2)cc(C(C)(C)C)c1O. The van der Waals surface area contributed by atoms with Gasteiger partial charge in [0.05, 0.1) is 9.22 Å². The lowest BCUT2D eigenvalue weighted by atomic mass is 9.78. The van der Waals surface area contributed by atoms with Crippen molar-refractivity contribution < 1.29 is 5.11 Å². The molecule has 2 aromatic carbocycles. The molecule has 0 aliphatic heterocycles. The first kappa shape index (κ1) is 22.7. The molecule has 27 heavy (non-hydrogen) atoms. The second-order valence-corrected chi connectivity index (χ2v) is 11.7. The van der Waals surface area contributed by atoms with Crippen LogP contribution in [0.4, 0.5) is 0 Å². The van der Waals surface area contributed by atoms with Gasteiger partial charge < -0.3 is 5.11 Å². The minimum absolute atomic E-state index is 0.167. The fourth-order valence-electron chi connectivity index (χ4n) is 2.76. The molecule has 0 radical (unpaired) electrons. The number of thioether (sulfide) groups is 1. The Labute approximate surface area is 186 Å². The molecule has 0 amide bonds. The molecule has 0 saturated heterocycles. The van der Waals surface area contributed by atoms with Gasteiger partial charge in [-0.3, -0.25) is 0 Å². The highest BCUT2D eigenvalue weighted by Crippen LogP contribution is 2.40. The van der Waals surface area contributed by atoms with Crippen molar-refractivity contribution in [1.82, 2.24) is 0 Å². The Hall–Kier alpha value is -0.550. The van der Waals surface area contributed by atoms with Crippen LogP contribution in [-0.4, -0.2) is 9.30 Å². The number of rotatable bonds is 3. The van der Waals surface area contributed by atoms with Crippen LogP contribution in [0.5, 0.6) is 5.75 Å². The summed E-state index contributed by atoms with van der Waals surface area (Å²) < 4.78 is 1.72. The number of phenolic OH excluding ortho intramolecular Hbond substituents is 1. The van der Waals surface area contributed by atoms with E-state index < -0.39 is 0 Å². The van der Waals surface area contributed by atoms with Crippen molar-refractivity contribution in [2.45, 2.75) is 58.1 Å².